The van der Waals surface area contributed by atoms with Gasteiger partial charge in [-0.3, -0.25) is 0 Å². The molecule has 0 spiro atoms. The van der Waals surface area contributed by atoms with E-state index in [1.807, 2.05) is 0 Å². The van der Waals surface area contributed by atoms with E-state index in [0.717, 1.165) is 0 Å². The summed E-state index contributed by atoms with van der Waals surface area (Å²) >= 11 is 0. The Labute approximate surface area is 106 Å². The molecule has 3 aromatic heterocycles. The predicted molar refractivity (Wildman–Crippen MR) is 56.3 cm³/mol. The smallest absolute Gasteiger partial charge is 0.233 e. The van der Waals surface area contributed by atoms with Gasteiger partial charge in [0.15, 0.2) is 0 Å². The summed E-state index contributed by atoms with van der Waals surface area (Å²) in [6.45, 7) is 0. The lowest BCUT2D eigenvalue weighted by molar-refractivity contribution is 0.338. The molecule has 0 fully saturated rings. The highest BCUT2D eigenvalue weighted by molar-refractivity contribution is 5.04. The molecule has 19 heavy (non-hydrogen) atoms. The molecule has 98 valence electrons. The van der Waals surface area contributed by atoms with Crippen molar-refractivity contribution >= 4 is 0 Å². The zero-order valence-electron chi connectivity index (χ0n) is 9.58. The van der Waals surface area contributed by atoms with Crippen molar-refractivity contribution in [3.63, 3.8) is 0 Å². The van der Waals surface area contributed by atoms with Gasteiger partial charge in [-0.1, -0.05) is 0 Å². The first-order chi connectivity index (χ1) is 9.34. The molecule has 0 aromatic carbocycles. The Morgan fingerprint density at radius 3 is 2.11 bits per heavy atom. The van der Waals surface area contributed by atoms with Crippen LogP contribution in [0.2, 0.25) is 0 Å². The molecular formula is C9H9N7O3. The van der Waals surface area contributed by atoms with Crippen LogP contribution in [0.4, 0.5) is 0 Å². The third-order valence-electron chi connectivity index (χ3n) is 2.59. The van der Waals surface area contributed by atoms with Crippen LogP contribution in [0.3, 0.4) is 0 Å². The van der Waals surface area contributed by atoms with Gasteiger partial charge in [-0.05, 0) is 0 Å². The van der Waals surface area contributed by atoms with Gasteiger partial charge >= 0.3 is 0 Å². The zero-order valence-corrected chi connectivity index (χ0v) is 9.58. The van der Waals surface area contributed by atoms with Crippen molar-refractivity contribution in [1.29, 1.82) is 0 Å². The third-order valence-corrected chi connectivity index (χ3v) is 2.59. The minimum Gasteiger partial charge on any atom is -0.428 e. The maximum Gasteiger partial charge on any atom is 0.233 e. The molecule has 0 saturated heterocycles. The minimum atomic E-state index is -0.616. The van der Waals surface area contributed by atoms with Crippen LogP contribution < -0.4 is 5.73 Å². The van der Waals surface area contributed by atoms with Crippen LogP contribution in [0.25, 0.3) is 0 Å². The van der Waals surface area contributed by atoms with Crippen LogP contribution in [0.1, 0.15) is 29.6 Å². The first kappa shape index (κ1) is 11.5. The Hall–Kier alpha value is -2.62. The first-order valence-corrected chi connectivity index (χ1v) is 5.37. The maximum atomic E-state index is 6.08. The van der Waals surface area contributed by atoms with E-state index in [-0.39, 0.29) is 5.89 Å². The largest absolute Gasteiger partial charge is 0.428 e. The molecule has 0 amide bonds. The van der Waals surface area contributed by atoms with Crippen LogP contribution in [0.5, 0.6) is 0 Å². The summed E-state index contributed by atoms with van der Waals surface area (Å²) in [6, 6.07) is -0.616. The maximum absolute atomic E-state index is 6.08. The molecule has 10 heteroatoms. The van der Waals surface area contributed by atoms with E-state index in [1.54, 1.807) is 0 Å². The highest BCUT2D eigenvalue weighted by atomic mass is 16.4. The Kier molecular flexibility index (Phi) is 2.98. The second kappa shape index (κ2) is 4.94. The second-order valence-electron chi connectivity index (χ2n) is 3.72. The van der Waals surface area contributed by atoms with E-state index in [4.69, 9.17) is 19.0 Å². The summed E-state index contributed by atoms with van der Waals surface area (Å²) in [6.07, 6.45) is 3.98. The summed E-state index contributed by atoms with van der Waals surface area (Å²) in [5.74, 6) is 0.605. The Morgan fingerprint density at radius 1 is 0.895 bits per heavy atom. The van der Waals surface area contributed by atoms with Crippen molar-refractivity contribution in [2.75, 3.05) is 0 Å². The van der Waals surface area contributed by atoms with Gasteiger partial charge in [-0.25, -0.2) is 0 Å². The molecule has 0 radical (unpaired) electrons. The van der Waals surface area contributed by atoms with E-state index in [2.05, 4.69) is 30.6 Å². The molecular weight excluding hydrogens is 254 g/mol. The quantitative estimate of drug-likeness (QED) is 0.660. The molecule has 0 saturated carbocycles. The number of rotatable bonds is 5. The van der Waals surface area contributed by atoms with E-state index >= 15 is 0 Å². The van der Waals surface area contributed by atoms with E-state index in [9.17, 15) is 0 Å². The van der Waals surface area contributed by atoms with Crippen molar-refractivity contribution in [3.05, 3.63) is 36.9 Å². The van der Waals surface area contributed by atoms with E-state index in [0.29, 0.717) is 18.2 Å². The predicted octanol–water partition coefficient (Wildman–Crippen LogP) is -0.138. The van der Waals surface area contributed by atoms with Crippen LogP contribution >= 0.6 is 0 Å². The third kappa shape index (κ3) is 2.33. The first-order valence-electron chi connectivity index (χ1n) is 5.37. The van der Waals surface area contributed by atoms with Crippen LogP contribution in [-0.4, -0.2) is 30.6 Å². The molecule has 2 unspecified atom stereocenters. The van der Waals surface area contributed by atoms with Gasteiger partial charge in [0, 0.05) is 6.42 Å². The van der Waals surface area contributed by atoms with Gasteiger partial charge in [-0.15, -0.1) is 30.6 Å². The van der Waals surface area contributed by atoms with Crippen molar-refractivity contribution in [3.8, 4) is 0 Å². The van der Waals surface area contributed by atoms with Gasteiger partial charge in [0.2, 0.25) is 36.9 Å². The molecule has 3 aromatic rings. The Bertz CT molecular complexity index is 592. The highest BCUT2D eigenvalue weighted by Crippen LogP contribution is 2.29. The highest BCUT2D eigenvalue weighted by Gasteiger charge is 2.31. The average Bonchev–Trinajstić information content (AvgIpc) is 3.15. The molecule has 0 aliphatic rings. The summed E-state index contributed by atoms with van der Waals surface area (Å²) in [5.41, 5.74) is 6.08. The van der Waals surface area contributed by atoms with Crippen molar-refractivity contribution in [2.24, 2.45) is 5.73 Å². The van der Waals surface area contributed by atoms with Gasteiger partial charge < -0.3 is 19.0 Å². The van der Waals surface area contributed by atoms with Gasteiger partial charge in [0.05, 0.1) is 12.0 Å². The molecule has 0 bridgehead atoms. The molecule has 2 N–H and O–H groups in total. The van der Waals surface area contributed by atoms with Crippen LogP contribution in [-0.2, 0) is 6.42 Å². The van der Waals surface area contributed by atoms with E-state index < -0.39 is 12.0 Å². The number of nitrogens with zero attached hydrogens (tertiary/aromatic N) is 6. The molecule has 0 aliphatic heterocycles. The number of aromatic nitrogens is 6. The summed E-state index contributed by atoms with van der Waals surface area (Å²) in [7, 11) is 0. The molecule has 10 nitrogen and oxygen atoms in total. The lowest BCUT2D eigenvalue weighted by Crippen LogP contribution is -2.22. The average molecular weight is 263 g/mol. The number of hydrogen-bond acceptors (Lipinski definition) is 10. The zero-order chi connectivity index (χ0) is 13.1. The van der Waals surface area contributed by atoms with Crippen molar-refractivity contribution in [2.45, 2.75) is 18.4 Å². The lowest BCUT2D eigenvalue weighted by atomic mass is 9.96. The molecule has 3 heterocycles. The van der Waals surface area contributed by atoms with Gasteiger partial charge in [0.25, 0.3) is 0 Å². The van der Waals surface area contributed by atoms with Gasteiger partial charge in [-0.2, -0.15) is 0 Å². The molecule has 0 aliphatic carbocycles. The van der Waals surface area contributed by atoms with Crippen LogP contribution in [0, 0.1) is 0 Å². The Balaban J connectivity index is 1.88. The SMILES string of the molecule is NC(c1nnco1)C(Cc1nnco1)c1nnco1. The van der Waals surface area contributed by atoms with Gasteiger partial charge in [0.1, 0.15) is 0 Å². The normalized spacial score (nSPS) is 14.4. The standard InChI is InChI=1S/C9H9N7O3/c10-7(9-16-13-4-19-9)5(8-15-12-3-18-8)1-6-14-11-2-17-6/h2-5,7H,1,10H2. The monoisotopic (exact) mass is 263 g/mol. The van der Waals surface area contributed by atoms with E-state index in [1.165, 1.54) is 19.2 Å². The lowest BCUT2D eigenvalue weighted by Gasteiger charge is -2.15. The fourth-order valence-electron chi connectivity index (χ4n) is 1.68. The summed E-state index contributed by atoms with van der Waals surface area (Å²) < 4.78 is 15.4. The number of nitrogens with two attached hydrogens (primary N) is 1. The fourth-order valence-corrected chi connectivity index (χ4v) is 1.68. The Morgan fingerprint density at radius 2 is 1.53 bits per heavy atom. The molecule has 3 rings (SSSR count). The topological polar surface area (TPSA) is 143 Å². The summed E-state index contributed by atoms with van der Waals surface area (Å²) in [5, 5.41) is 22.3. The van der Waals surface area contributed by atoms with Crippen molar-refractivity contribution in [1.82, 2.24) is 30.6 Å². The summed E-state index contributed by atoms with van der Waals surface area (Å²) in [4.78, 5) is 0. The number of hydrogen-bond donors (Lipinski definition) is 1. The second-order valence-corrected chi connectivity index (χ2v) is 3.72. The molecule has 2 atom stereocenters. The minimum absolute atomic E-state index is 0.266. The van der Waals surface area contributed by atoms with Crippen molar-refractivity contribution < 1.29 is 13.3 Å². The fraction of sp³-hybridized carbons (Fsp3) is 0.333. The van der Waals surface area contributed by atoms with Crippen LogP contribution in [0.15, 0.2) is 32.4 Å².